The Labute approximate surface area is 241 Å². The normalized spacial score (nSPS) is 24.2. The third-order valence-electron chi connectivity index (χ3n) is 8.09. The van der Waals surface area contributed by atoms with Crippen molar-refractivity contribution >= 4 is 46.5 Å². The zero-order valence-corrected chi connectivity index (χ0v) is 23.6. The van der Waals surface area contributed by atoms with E-state index in [1.807, 2.05) is 0 Å². The van der Waals surface area contributed by atoms with Gasteiger partial charge in [-0.2, -0.15) is 0 Å². The summed E-state index contributed by atoms with van der Waals surface area (Å²) in [5, 5.41) is 25.0. The van der Waals surface area contributed by atoms with Gasteiger partial charge in [0.2, 0.25) is 5.91 Å². The first kappa shape index (κ1) is 27.3. The summed E-state index contributed by atoms with van der Waals surface area (Å²) < 4.78 is 14.5. The van der Waals surface area contributed by atoms with Gasteiger partial charge in [-0.25, -0.2) is 9.37 Å². The van der Waals surface area contributed by atoms with E-state index in [0.717, 1.165) is 25.9 Å². The van der Waals surface area contributed by atoms with E-state index in [1.165, 1.54) is 36.4 Å². The summed E-state index contributed by atoms with van der Waals surface area (Å²) in [5.74, 6) is 0.390. The zero-order valence-electron chi connectivity index (χ0n) is 22.1. The number of nitrogens with one attached hydrogen (secondary N) is 2. The van der Waals surface area contributed by atoms with Crippen LogP contribution in [0.4, 0.5) is 21.6 Å². The van der Waals surface area contributed by atoms with Gasteiger partial charge >= 0.3 is 0 Å². The number of fused-ring (bicyclic) bond motifs is 2. The number of benzene rings is 1. The summed E-state index contributed by atoms with van der Waals surface area (Å²) in [6.45, 7) is 2.22. The van der Waals surface area contributed by atoms with Crippen LogP contribution in [0.3, 0.4) is 0 Å². The molecule has 2 aromatic heterocycles. The number of rotatable bonds is 9. The van der Waals surface area contributed by atoms with Gasteiger partial charge in [0.25, 0.3) is 0 Å². The topological polar surface area (TPSA) is 107 Å². The number of aromatic nitrogens is 3. The number of piperazine rings is 1. The van der Waals surface area contributed by atoms with Gasteiger partial charge in [0.05, 0.1) is 18.0 Å². The average molecular weight is 584 g/mol. The second-order valence-corrected chi connectivity index (χ2v) is 12.2. The molecule has 0 radical (unpaired) electrons. The number of aliphatic hydroxyl groups excluding tert-OH is 1. The minimum Gasteiger partial charge on any atom is -0.396 e. The summed E-state index contributed by atoms with van der Waals surface area (Å²) in [6, 6.07) is 11.3. The Kier molecular flexibility index (Phi) is 7.91. The predicted octanol–water partition coefficient (Wildman–Crippen LogP) is 4.26. The molecule has 1 saturated carbocycles. The monoisotopic (exact) mass is 583 g/mol. The van der Waals surface area contributed by atoms with Gasteiger partial charge in [0, 0.05) is 71.4 Å². The average Bonchev–Trinajstić information content (AvgIpc) is 3.48. The van der Waals surface area contributed by atoms with Gasteiger partial charge in [-0.3, -0.25) is 9.69 Å². The highest BCUT2D eigenvalue weighted by Crippen LogP contribution is 2.40. The van der Waals surface area contributed by atoms with Crippen LogP contribution in [0, 0.1) is 11.7 Å². The molecule has 4 heterocycles. The van der Waals surface area contributed by atoms with E-state index in [-0.39, 0.29) is 24.0 Å². The number of aliphatic hydroxyl groups is 1. The van der Waals surface area contributed by atoms with Crippen LogP contribution in [-0.4, -0.2) is 86.6 Å². The van der Waals surface area contributed by atoms with Crippen molar-refractivity contribution in [3.05, 3.63) is 53.4 Å². The van der Waals surface area contributed by atoms with Crippen molar-refractivity contribution < 1.29 is 14.3 Å². The number of carbonyl (C=O) groups is 1. The van der Waals surface area contributed by atoms with Crippen molar-refractivity contribution in [2.75, 3.05) is 43.1 Å². The number of amides is 1. The molecule has 3 aliphatic rings. The molecule has 2 bridgehead atoms. The van der Waals surface area contributed by atoms with Gasteiger partial charge < -0.3 is 20.6 Å². The molecule has 1 aliphatic carbocycles. The molecule has 9 nitrogen and oxygen atoms in total. The van der Waals surface area contributed by atoms with Crippen LogP contribution in [0.15, 0.2) is 47.6 Å². The van der Waals surface area contributed by atoms with Crippen LogP contribution in [0.25, 0.3) is 11.3 Å². The molecule has 12 heteroatoms. The molecular weight excluding hydrogens is 553 g/mol. The van der Waals surface area contributed by atoms with Gasteiger partial charge in [0.15, 0.2) is 0 Å². The third kappa shape index (κ3) is 5.66. The Balaban J connectivity index is 1.13. The zero-order chi connectivity index (χ0) is 27.8. The van der Waals surface area contributed by atoms with E-state index in [2.05, 4.69) is 42.7 Å². The quantitative estimate of drug-likeness (QED) is 0.318. The first-order valence-corrected chi connectivity index (χ1v) is 14.8. The molecule has 0 spiro atoms. The number of halogens is 2. The van der Waals surface area contributed by atoms with E-state index in [4.69, 9.17) is 11.6 Å². The Morgan fingerprint density at radius 1 is 1.12 bits per heavy atom. The summed E-state index contributed by atoms with van der Waals surface area (Å²) in [6.07, 6.45) is 4.63. The molecule has 3 aromatic rings. The summed E-state index contributed by atoms with van der Waals surface area (Å²) >= 11 is 7.41. The maximum atomic E-state index is 14.5. The lowest BCUT2D eigenvalue weighted by Gasteiger charge is -2.45. The van der Waals surface area contributed by atoms with Crippen LogP contribution in [-0.2, 0) is 4.79 Å². The minimum atomic E-state index is -0.461. The van der Waals surface area contributed by atoms with Crippen molar-refractivity contribution in [3.8, 4) is 11.3 Å². The van der Waals surface area contributed by atoms with E-state index in [9.17, 15) is 14.3 Å². The molecular formula is C28H31ClFN7O2S. The lowest BCUT2D eigenvalue weighted by molar-refractivity contribution is -0.125. The number of thioether (sulfide) groups is 1. The van der Waals surface area contributed by atoms with E-state index >= 15 is 0 Å². The molecule has 0 unspecified atom stereocenters. The first-order valence-electron chi connectivity index (χ1n) is 13.4. The summed E-state index contributed by atoms with van der Waals surface area (Å²) in [4.78, 5) is 22.4. The molecule has 210 valence electrons. The molecule has 40 heavy (non-hydrogen) atoms. The molecule has 6 rings (SSSR count). The van der Waals surface area contributed by atoms with Crippen LogP contribution >= 0.6 is 23.4 Å². The smallest absolute Gasteiger partial charge is 0.228 e. The lowest BCUT2D eigenvalue weighted by atomic mass is 9.78. The first-order chi connectivity index (χ1) is 19.4. The maximum absolute atomic E-state index is 14.5. The minimum absolute atomic E-state index is 0.00846. The molecule has 3 fully saturated rings. The number of anilines is 3. The standard InChI is InChI=1S/C28H31ClFN7O2S/c1-36-14-21-12-20(36)15-37(21)19-8-16(9-19)27(39)33-26-11-18(4-5-31-26)32-25-13-24(34-35-28(25)40-7-6-38)22-10-17(29)2-3-23(22)30/h2-5,10-11,13,16,19-21,38H,6-9,12,14-15H2,1H3,(H2,31,32,33,34,39)/t16?,19?,20-,21-/m0/s1. The lowest BCUT2D eigenvalue weighted by Crippen LogP contribution is -2.54. The Bertz CT molecular complexity index is 1410. The molecule has 2 aliphatic heterocycles. The highest BCUT2D eigenvalue weighted by atomic mass is 35.5. The number of likely N-dealkylation sites (N-methyl/N-ethyl adjacent to an activating group) is 1. The molecule has 3 N–H and O–H groups in total. The van der Waals surface area contributed by atoms with Gasteiger partial charge in [-0.15, -0.1) is 22.0 Å². The SMILES string of the molecule is CN1C[C@@H]2C[C@H]1CN2C1CC(C(=O)Nc2cc(Nc3cc(-c4cc(Cl)ccc4F)nnc3SCCO)ccn2)C1. The van der Waals surface area contributed by atoms with Gasteiger partial charge in [-0.1, -0.05) is 11.6 Å². The van der Waals surface area contributed by atoms with Crippen molar-refractivity contribution in [2.24, 2.45) is 5.92 Å². The predicted molar refractivity (Wildman–Crippen MR) is 154 cm³/mol. The molecule has 2 atom stereocenters. The Morgan fingerprint density at radius 2 is 1.98 bits per heavy atom. The fourth-order valence-electron chi connectivity index (χ4n) is 5.92. The maximum Gasteiger partial charge on any atom is 0.228 e. The van der Waals surface area contributed by atoms with E-state index < -0.39 is 5.82 Å². The van der Waals surface area contributed by atoms with Crippen LogP contribution < -0.4 is 10.6 Å². The third-order valence-corrected chi connectivity index (χ3v) is 9.29. The fourth-order valence-corrected chi connectivity index (χ4v) is 6.74. The summed E-state index contributed by atoms with van der Waals surface area (Å²) in [5.41, 5.74) is 1.80. The van der Waals surface area contributed by atoms with Crippen molar-refractivity contribution in [2.45, 2.75) is 42.4 Å². The Hall–Kier alpha value is -2.83. The number of carbonyl (C=O) groups excluding carboxylic acids is 1. The molecule has 1 amide bonds. The fraction of sp³-hybridized carbons (Fsp3) is 0.429. The number of likely N-dealkylation sites (tertiary alicyclic amines) is 2. The summed E-state index contributed by atoms with van der Waals surface area (Å²) in [7, 11) is 2.20. The second-order valence-electron chi connectivity index (χ2n) is 10.7. The van der Waals surface area contributed by atoms with Gasteiger partial charge in [-0.05, 0) is 56.6 Å². The largest absolute Gasteiger partial charge is 0.396 e. The van der Waals surface area contributed by atoms with Crippen LogP contribution in [0.5, 0.6) is 0 Å². The van der Waals surface area contributed by atoms with Crippen molar-refractivity contribution in [1.82, 2.24) is 25.0 Å². The van der Waals surface area contributed by atoms with Crippen molar-refractivity contribution in [3.63, 3.8) is 0 Å². The van der Waals surface area contributed by atoms with E-state index in [0.29, 0.717) is 56.8 Å². The van der Waals surface area contributed by atoms with Gasteiger partial charge in [0.1, 0.15) is 16.7 Å². The highest BCUT2D eigenvalue weighted by Gasteiger charge is 2.48. The Morgan fingerprint density at radius 3 is 2.73 bits per heavy atom. The van der Waals surface area contributed by atoms with Crippen LogP contribution in [0.2, 0.25) is 5.02 Å². The van der Waals surface area contributed by atoms with Crippen molar-refractivity contribution in [1.29, 1.82) is 0 Å². The van der Waals surface area contributed by atoms with Crippen LogP contribution in [0.1, 0.15) is 19.3 Å². The molecule has 1 aromatic carbocycles. The number of hydrogen-bond acceptors (Lipinski definition) is 9. The molecule has 2 saturated heterocycles. The number of nitrogens with zero attached hydrogens (tertiary/aromatic N) is 5. The number of pyridine rings is 1. The van der Waals surface area contributed by atoms with E-state index in [1.54, 1.807) is 24.4 Å². The number of hydrogen-bond donors (Lipinski definition) is 3. The second kappa shape index (κ2) is 11.6. The highest BCUT2D eigenvalue weighted by molar-refractivity contribution is 7.99.